The third kappa shape index (κ3) is 2.16. The second kappa shape index (κ2) is 4.41. The quantitative estimate of drug-likeness (QED) is 0.631. The van der Waals surface area contributed by atoms with E-state index in [-0.39, 0.29) is 6.10 Å². The van der Waals surface area contributed by atoms with Gasteiger partial charge in [0.15, 0.2) is 0 Å². The van der Waals surface area contributed by atoms with Gasteiger partial charge in [0, 0.05) is 18.6 Å². The van der Waals surface area contributed by atoms with E-state index < -0.39 is 6.17 Å². The molecule has 0 aromatic carbocycles. The van der Waals surface area contributed by atoms with Gasteiger partial charge in [0.05, 0.1) is 6.10 Å². The number of rotatable bonds is 1. The zero-order chi connectivity index (χ0) is 9.26. The van der Waals surface area contributed by atoms with Crippen LogP contribution in [0.5, 0.6) is 0 Å². The van der Waals surface area contributed by atoms with Crippen LogP contribution < -0.4 is 0 Å². The first kappa shape index (κ1) is 10.1. The van der Waals surface area contributed by atoms with Gasteiger partial charge < -0.3 is 4.74 Å². The lowest BCUT2D eigenvalue weighted by atomic mass is 9.79. The first-order valence-electron chi connectivity index (χ1n) is 4.72. The summed E-state index contributed by atoms with van der Waals surface area (Å²) in [5.74, 6) is 3.62. The van der Waals surface area contributed by atoms with Crippen LogP contribution in [0.2, 0.25) is 0 Å². The molecule has 4 heteroatoms. The monoisotopic (exact) mass is 222 g/mol. The van der Waals surface area contributed by atoms with Gasteiger partial charge in [-0.1, -0.05) is 21.6 Å². The molecule has 1 aliphatic heterocycles. The van der Waals surface area contributed by atoms with Crippen molar-refractivity contribution in [3.05, 3.63) is 0 Å². The summed E-state index contributed by atoms with van der Waals surface area (Å²) < 4.78 is 18.6. The van der Waals surface area contributed by atoms with E-state index in [0.29, 0.717) is 11.8 Å². The molecule has 2 aliphatic rings. The Kier molecular flexibility index (Phi) is 3.43. The Morgan fingerprint density at radius 3 is 2.38 bits per heavy atom. The van der Waals surface area contributed by atoms with Gasteiger partial charge in [0.2, 0.25) is 0 Å². The maximum Gasteiger partial charge on any atom is 0.126 e. The molecule has 13 heavy (non-hydrogen) atoms. The van der Waals surface area contributed by atoms with Crippen molar-refractivity contribution in [2.75, 3.05) is 18.6 Å². The fourth-order valence-electron chi connectivity index (χ4n) is 2.20. The van der Waals surface area contributed by atoms with Gasteiger partial charge in [-0.3, -0.25) is 0 Å². The third-order valence-electron chi connectivity index (χ3n) is 3.08. The lowest BCUT2D eigenvalue weighted by Crippen LogP contribution is -2.40. The summed E-state index contributed by atoms with van der Waals surface area (Å²) in [5, 5.41) is 0. The molecule has 0 spiro atoms. The number of hydrogen-bond donors (Lipinski definition) is 0. The van der Waals surface area contributed by atoms with Crippen LogP contribution in [0.25, 0.3) is 0 Å². The van der Waals surface area contributed by atoms with E-state index in [1.807, 2.05) is 21.6 Å². The second-order valence-electron chi connectivity index (χ2n) is 3.85. The average molecular weight is 222 g/mol. The lowest BCUT2D eigenvalue weighted by Gasteiger charge is -2.39. The maximum atomic E-state index is 13.5. The molecular weight excluding hydrogens is 207 g/mol. The van der Waals surface area contributed by atoms with Gasteiger partial charge in [0.25, 0.3) is 0 Å². The van der Waals surface area contributed by atoms with Crippen molar-refractivity contribution in [2.24, 2.45) is 11.8 Å². The van der Waals surface area contributed by atoms with E-state index >= 15 is 0 Å². The van der Waals surface area contributed by atoms with Crippen LogP contribution in [0, 0.1) is 11.8 Å². The Morgan fingerprint density at radius 2 is 1.77 bits per heavy atom. The summed E-state index contributed by atoms with van der Waals surface area (Å²) in [4.78, 5) is 0. The molecule has 0 unspecified atom stereocenters. The van der Waals surface area contributed by atoms with Crippen molar-refractivity contribution < 1.29 is 9.13 Å². The van der Waals surface area contributed by atoms with E-state index in [4.69, 9.17) is 4.74 Å². The zero-order valence-electron chi connectivity index (χ0n) is 7.74. The first-order chi connectivity index (χ1) is 6.31. The van der Waals surface area contributed by atoms with Gasteiger partial charge >= 0.3 is 0 Å². The normalized spacial score (nSPS) is 45.7. The summed E-state index contributed by atoms with van der Waals surface area (Å²) in [7, 11) is 5.46. The molecule has 0 aromatic heterocycles. The topological polar surface area (TPSA) is 9.23 Å². The summed E-state index contributed by atoms with van der Waals surface area (Å²) >= 11 is 0. The molecule has 1 nitrogen and oxygen atoms in total. The zero-order valence-corrected chi connectivity index (χ0v) is 9.37. The van der Waals surface area contributed by atoms with Crippen LogP contribution in [0.15, 0.2) is 0 Å². The SMILES string of the molecule is CO[C@H]1C[C@@H]2CSSC[C@H]2C[C@@H]1F. The minimum absolute atomic E-state index is 0.134. The van der Waals surface area contributed by atoms with Crippen LogP contribution in [0.4, 0.5) is 4.39 Å². The third-order valence-corrected chi connectivity index (χ3v) is 5.70. The molecule has 0 bridgehead atoms. The number of fused-ring (bicyclic) bond motifs is 1. The standard InChI is InChI=1S/C9H15FOS2/c1-11-9-3-7-5-13-12-4-6(7)2-8(9)10/h6-9H,2-5H2,1H3/t6-,7-,8+,9+/m1/s1. The number of alkyl halides is 1. The predicted octanol–water partition coefficient (Wildman–Crippen LogP) is 2.76. The highest BCUT2D eigenvalue weighted by Gasteiger charge is 2.38. The van der Waals surface area contributed by atoms with Crippen LogP contribution in [0.3, 0.4) is 0 Å². The molecule has 76 valence electrons. The van der Waals surface area contributed by atoms with Gasteiger partial charge in [-0.05, 0) is 24.7 Å². The Hall–Kier alpha value is 0.590. The molecular formula is C9H15FOS2. The van der Waals surface area contributed by atoms with E-state index in [1.54, 1.807) is 7.11 Å². The van der Waals surface area contributed by atoms with Crippen molar-refractivity contribution in [3.8, 4) is 0 Å². The second-order valence-corrected chi connectivity index (χ2v) is 6.40. The molecule has 4 atom stereocenters. The van der Waals surface area contributed by atoms with Crippen molar-refractivity contribution >= 4 is 21.6 Å². The first-order valence-corrected chi connectivity index (χ1v) is 7.21. The van der Waals surface area contributed by atoms with Gasteiger partial charge in [-0.15, -0.1) is 0 Å². The summed E-state index contributed by atoms with van der Waals surface area (Å²) in [6, 6.07) is 0. The number of hydrogen-bond acceptors (Lipinski definition) is 3. The Labute approximate surface area is 86.6 Å². The fourth-order valence-corrected chi connectivity index (χ4v) is 5.18. The molecule has 2 rings (SSSR count). The Morgan fingerprint density at radius 1 is 1.15 bits per heavy atom. The van der Waals surface area contributed by atoms with Crippen molar-refractivity contribution in [1.82, 2.24) is 0 Å². The molecule has 2 fully saturated rings. The highest BCUT2D eigenvalue weighted by molar-refractivity contribution is 8.76. The lowest BCUT2D eigenvalue weighted by molar-refractivity contribution is -0.0240. The molecule has 0 N–H and O–H groups in total. The Balaban J connectivity index is 1.97. The highest BCUT2D eigenvalue weighted by atomic mass is 33.1. The number of ether oxygens (including phenoxy) is 1. The number of methoxy groups -OCH3 is 1. The van der Waals surface area contributed by atoms with Crippen molar-refractivity contribution in [1.29, 1.82) is 0 Å². The summed E-state index contributed by atoms with van der Waals surface area (Å²) in [6.45, 7) is 0. The van der Waals surface area contributed by atoms with E-state index in [2.05, 4.69) is 0 Å². The molecule has 1 heterocycles. The van der Waals surface area contributed by atoms with Crippen molar-refractivity contribution in [3.63, 3.8) is 0 Å². The summed E-state index contributed by atoms with van der Waals surface area (Å²) in [5.41, 5.74) is 0. The van der Waals surface area contributed by atoms with Gasteiger partial charge in [0.1, 0.15) is 6.17 Å². The van der Waals surface area contributed by atoms with Crippen LogP contribution in [0.1, 0.15) is 12.8 Å². The fraction of sp³-hybridized carbons (Fsp3) is 1.00. The molecule has 0 radical (unpaired) electrons. The van der Waals surface area contributed by atoms with Gasteiger partial charge in [-0.25, -0.2) is 4.39 Å². The molecule has 1 saturated carbocycles. The van der Waals surface area contributed by atoms with Crippen molar-refractivity contribution in [2.45, 2.75) is 25.1 Å². The smallest absolute Gasteiger partial charge is 0.126 e. The maximum absolute atomic E-state index is 13.5. The number of halogens is 1. The van der Waals surface area contributed by atoms with Crippen LogP contribution >= 0.6 is 21.6 Å². The predicted molar refractivity (Wildman–Crippen MR) is 56.8 cm³/mol. The van der Waals surface area contributed by atoms with Crippen LogP contribution in [-0.4, -0.2) is 30.9 Å². The summed E-state index contributed by atoms with van der Waals surface area (Å²) in [6.07, 6.45) is 0.784. The van der Waals surface area contributed by atoms with E-state index in [0.717, 1.165) is 18.6 Å². The Bertz CT molecular complexity index is 179. The average Bonchev–Trinajstić information content (AvgIpc) is 2.17. The minimum atomic E-state index is -0.727. The molecule has 0 amide bonds. The van der Waals surface area contributed by atoms with Gasteiger partial charge in [-0.2, -0.15) is 0 Å². The molecule has 1 aliphatic carbocycles. The largest absolute Gasteiger partial charge is 0.378 e. The van der Waals surface area contributed by atoms with E-state index in [1.165, 1.54) is 5.75 Å². The highest BCUT2D eigenvalue weighted by Crippen LogP contribution is 2.44. The minimum Gasteiger partial charge on any atom is -0.378 e. The van der Waals surface area contributed by atoms with Crippen LogP contribution in [-0.2, 0) is 4.74 Å². The molecule has 1 saturated heterocycles. The molecule has 0 aromatic rings. The van der Waals surface area contributed by atoms with E-state index in [9.17, 15) is 4.39 Å².